The molecule has 4 rings (SSSR count). The highest BCUT2D eigenvalue weighted by Crippen LogP contribution is 2.36. The highest BCUT2D eigenvalue weighted by Gasteiger charge is 2.28. The number of halogens is 2. The maximum atomic E-state index is 12.6. The van der Waals surface area contributed by atoms with E-state index in [1.807, 2.05) is 0 Å². The van der Waals surface area contributed by atoms with Crippen LogP contribution in [0.3, 0.4) is 0 Å². The molecular formula is C22H15Cl2NO6. The SMILES string of the molecule is COc1cc(CCC(=O)Oc2ccc3c(c2)O/C(=C\c2ccc(Cl)cc2Cl)C3=O)on1. The molecule has 0 aliphatic carbocycles. The number of nitrogens with zero attached hydrogens (tertiary/aromatic N) is 1. The second kappa shape index (κ2) is 8.83. The molecule has 158 valence electrons. The first-order valence-electron chi connectivity index (χ1n) is 9.16. The Balaban J connectivity index is 1.43. The number of Topliss-reactive ketones (excluding diaryl/α,β-unsaturated/α-hetero) is 1. The van der Waals surface area contributed by atoms with Crippen LogP contribution in [0, 0.1) is 0 Å². The number of rotatable bonds is 6. The van der Waals surface area contributed by atoms with Gasteiger partial charge in [-0.05, 0) is 41.1 Å². The van der Waals surface area contributed by atoms with Gasteiger partial charge in [-0.25, -0.2) is 0 Å². The van der Waals surface area contributed by atoms with Gasteiger partial charge in [0.1, 0.15) is 17.3 Å². The van der Waals surface area contributed by atoms with Gasteiger partial charge in [0, 0.05) is 28.6 Å². The summed E-state index contributed by atoms with van der Waals surface area (Å²) in [5, 5.41) is 4.56. The van der Waals surface area contributed by atoms with Crippen molar-refractivity contribution in [3.05, 3.63) is 75.2 Å². The first-order valence-corrected chi connectivity index (χ1v) is 9.92. The van der Waals surface area contributed by atoms with Crippen LogP contribution in [0.2, 0.25) is 10.0 Å². The third-order valence-electron chi connectivity index (χ3n) is 4.44. The van der Waals surface area contributed by atoms with Crippen molar-refractivity contribution in [1.29, 1.82) is 0 Å². The largest absolute Gasteiger partial charge is 0.479 e. The van der Waals surface area contributed by atoms with Gasteiger partial charge in [-0.3, -0.25) is 9.59 Å². The van der Waals surface area contributed by atoms with Crippen LogP contribution in [0.1, 0.15) is 28.1 Å². The molecule has 7 nitrogen and oxygen atoms in total. The lowest BCUT2D eigenvalue weighted by atomic mass is 10.1. The fourth-order valence-electron chi connectivity index (χ4n) is 2.91. The monoisotopic (exact) mass is 459 g/mol. The van der Waals surface area contributed by atoms with Crippen molar-refractivity contribution in [2.24, 2.45) is 0 Å². The van der Waals surface area contributed by atoms with E-state index < -0.39 is 5.97 Å². The number of aromatic nitrogens is 1. The Hall–Kier alpha value is -3.29. The maximum Gasteiger partial charge on any atom is 0.311 e. The average molecular weight is 460 g/mol. The summed E-state index contributed by atoms with van der Waals surface area (Å²) in [4.78, 5) is 24.7. The Kier molecular flexibility index (Phi) is 5.97. The van der Waals surface area contributed by atoms with E-state index >= 15 is 0 Å². The standard InChI is InChI=1S/C22H15Cl2NO6/c1-28-20-11-15(31-25-20)5-7-21(26)29-14-4-6-16-18(10-14)30-19(22(16)27)8-12-2-3-13(23)9-17(12)24/h2-4,6,8-11H,5,7H2,1H3/b19-8-. The Morgan fingerprint density at radius 3 is 2.74 bits per heavy atom. The van der Waals surface area contributed by atoms with Crippen LogP contribution in [0.5, 0.6) is 17.4 Å². The lowest BCUT2D eigenvalue weighted by molar-refractivity contribution is -0.134. The van der Waals surface area contributed by atoms with Crippen molar-refractivity contribution in [1.82, 2.24) is 5.16 Å². The summed E-state index contributed by atoms with van der Waals surface area (Å²) in [6.45, 7) is 0. The lowest BCUT2D eigenvalue weighted by Gasteiger charge is -2.05. The van der Waals surface area contributed by atoms with Gasteiger partial charge in [0.15, 0.2) is 5.76 Å². The van der Waals surface area contributed by atoms with Crippen LogP contribution in [-0.2, 0) is 11.2 Å². The van der Waals surface area contributed by atoms with E-state index in [9.17, 15) is 9.59 Å². The van der Waals surface area contributed by atoms with Crippen molar-refractivity contribution >= 4 is 41.0 Å². The molecule has 9 heteroatoms. The number of hydrogen-bond donors (Lipinski definition) is 0. The van der Waals surface area contributed by atoms with Crippen molar-refractivity contribution in [2.45, 2.75) is 12.8 Å². The number of ketones is 1. The Bertz CT molecular complexity index is 1200. The van der Waals surface area contributed by atoms with Crippen LogP contribution < -0.4 is 14.2 Å². The van der Waals surface area contributed by atoms with Crippen molar-refractivity contribution in [3.8, 4) is 17.4 Å². The minimum atomic E-state index is -0.469. The lowest BCUT2D eigenvalue weighted by Crippen LogP contribution is -2.08. The second-order valence-electron chi connectivity index (χ2n) is 6.57. The summed E-state index contributed by atoms with van der Waals surface area (Å²) < 4.78 is 21.0. The fraction of sp³-hybridized carbons (Fsp3) is 0.136. The second-order valence-corrected chi connectivity index (χ2v) is 7.42. The number of ether oxygens (including phenoxy) is 3. The molecule has 0 bridgehead atoms. The predicted molar refractivity (Wildman–Crippen MR) is 113 cm³/mol. The smallest absolute Gasteiger partial charge is 0.311 e. The predicted octanol–water partition coefficient (Wildman–Crippen LogP) is 5.14. The first-order chi connectivity index (χ1) is 14.9. The molecule has 0 fully saturated rings. The summed E-state index contributed by atoms with van der Waals surface area (Å²) in [7, 11) is 1.47. The maximum absolute atomic E-state index is 12.6. The van der Waals surface area contributed by atoms with Gasteiger partial charge in [0.2, 0.25) is 5.78 Å². The van der Waals surface area contributed by atoms with Crippen molar-refractivity contribution in [2.75, 3.05) is 7.11 Å². The van der Waals surface area contributed by atoms with Gasteiger partial charge in [-0.1, -0.05) is 29.3 Å². The third-order valence-corrected chi connectivity index (χ3v) is 5.01. The molecule has 0 saturated carbocycles. The molecular weight excluding hydrogens is 445 g/mol. The van der Waals surface area contributed by atoms with E-state index in [4.69, 9.17) is 41.9 Å². The molecule has 31 heavy (non-hydrogen) atoms. The molecule has 0 N–H and O–H groups in total. The highest BCUT2D eigenvalue weighted by molar-refractivity contribution is 6.35. The van der Waals surface area contributed by atoms with E-state index in [1.165, 1.54) is 19.2 Å². The van der Waals surface area contributed by atoms with Gasteiger partial charge in [-0.15, -0.1) is 0 Å². The molecule has 0 saturated heterocycles. The molecule has 0 unspecified atom stereocenters. The molecule has 0 spiro atoms. The zero-order chi connectivity index (χ0) is 22.0. The van der Waals surface area contributed by atoms with E-state index in [1.54, 1.807) is 36.4 Å². The van der Waals surface area contributed by atoms with Gasteiger partial charge in [-0.2, -0.15) is 0 Å². The number of esters is 1. The molecule has 0 atom stereocenters. The Labute approximate surface area is 187 Å². The number of methoxy groups -OCH3 is 1. The summed E-state index contributed by atoms with van der Waals surface area (Å²) in [5.41, 5.74) is 0.961. The third kappa shape index (κ3) is 4.73. The molecule has 2 heterocycles. The number of carbonyl (C=O) groups excluding carboxylic acids is 2. The van der Waals surface area contributed by atoms with Crippen molar-refractivity contribution in [3.63, 3.8) is 0 Å². The normalized spacial score (nSPS) is 13.8. The van der Waals surface area contributed by atoms with E-state index in [0.717, 1.165) is 0 Å². The molecule has 0 radical (unpaired) electrons. The van der Waals surface area contributed by atoms with Gasteiger partial charge in [0.25, 0.3) is 5.88 Å². The fourth-order valence-corrected chi connectivity index (χ4v) is 3.37. The van der Waals surface area contributed by atoms with E-state index in [0.29, 0.717) is 45.0 Å². The number of fused-ring (bicyclic) bond motifs is 1. The highest BCUT2D eigenvalue weighted by atomic mass is 35.5. The molecule has 1 aliphatic rings. The topological polar surface area (TPSA) is 87.9 Å². The number of aryl methyl sites for hydroxylation is 1. The van der Waals surface area contributed by atoms with Gasteiger partial charge < -0.3 is 18.7 Å². The number of benzene rings is 2. The van der Waals surface area contributed by atoms with Gasteiger partial charge >= 0.3 is 5.97 Å². The summed E-state index contributed by atoms with van der Waals surface area (Å²) in [6.07, 6.45) is 1.93. The van der Waals surface area contributed by atoms with Crippen LogP contribution in [-0.4, -0.2) is 24.0 Å². The quantitative estimate of drug-likeness (QED) is 0.286. The van der Waals surface area contributed by atoms with Crippen LogP contribution in [0.25, 0.3) is 6.08 Å². The van der Waals surface area contributed by atoms with Gasteiger partial charge in [0.05, 0.1) is 19.1 Å². The number of allylic oxidation sites excluding steroid dienone is 1. The van der Waals surface area contributed by atoms with Crippen molar-refractivity contribution < 1.29 is 28.3 Å². The molecule has 0 amide bonds. The molecule has 2 aromatic carbocycles. The zero-order valence-electron chi connectivity index (χ0n) is 16.2. The van der Waals surface area contributed by atoms with E-state index in [-0.39, 0.29) is 23.7 Å². The summed E-state index contributed by atoms with van der Waals surface area (Å²) in [5.74, 6) is 0.757. The average Bonchev–Trinajstić information content (AvgIpc) is 3.33. The van der Waals surface area contributed by atoms with Crippen LogP contribution in [0.15, 0.2) is 52.7 Å². The number of hydrogen-bond acceptors (Lipinski definition) is 7. The molecule has 3 aromatic rings. The Morgan fingerprint density at radius 2 is 2.00 bits per heavy atom. The number of carbonyl (C=O) groups is 2. The summed E-state index contributed by atoms with van der Waals surface area (Å²) in [6, 6.07) is 11.1. The molecule has 1 aliphatic heterocycles. The zero-order valence-corrected chi connectivity index (χ0v) is 17.7. The van der Waals surface area contributed by atoms with Crippen LogP contribution >= 0.6 is 23.2 Å². The minimum Gasteiger partial charge on any atom is -0.479 e. The van der Waals surface area contributed by atoms with Crippen LogP contribution in [0.4, 0.5) is 0 Å². The first kappa shape index (κ1) is 21.0. The summed E-state index contributed by atoms with van der Waals surface area (Å²) >= 11 is 12.1. The minimum absolute atomic E-state index is 0.0788. The molecule has 1 aromatic heterocycles. The van der Waals surface area contributed by atoms with E-state index in [2.05, 4.69) is 5.16 Å². The Morgan fingerprint density at radius 1 is 1.16 bits per heavy atom.